The van der Waals surface area contributed by atoms with Gasteiger partial charge in [-0.1, -0.05) is 19.3 Å². The van der Waals surface area contributed by atoms with Gasteiger partial charge in [-0.3, -0.25) is 4.79 Å². The van der Waals surface area contributed by atoms with Crippen LogP contribution in [0.5, 0.6) is 0 Å². The van der Waals surface area contributed by atoms with Gasteiger partial charge in [-0.05, 0) is 6.42 Å². The molecule has 0 heterocycles. The van der Waals surface area contributed by atoms with E-state index >= 15 is 0 Å². The van der Waals surface area contributed by atoms with E-state index < -0.39 is 34.2 Å². The molecular weight excluding hydrogens is 218 g/mol. The van der Waals surface area contributed by atoms with E-state index in [2.05, 4.69) is 10.6 Å². The molecule has 0 fully saturated rings. The topological polar surface area (TPSA) is 83.5 Å². The van der Waals surface area contributed by atoms with E-state index in [4.69, 9.17) is 11.5 Å². The minimum Gasteiger partial charge on any atom is -0.481 e. The molecule has 1 atom stereocenters. The molecule has 0 aromatic rings. The number of carboxylic acids is 1. The molecule has 0 bridgehead atoms. The third-order valence-electron chi connectivity index (χ3n) is 1.69. The van der Waals surface area contributed by atoms with Crippen molar-refractivity contribution in [2.75, 3.05) is 5.75 Å². The Balaban J connectivity index is 4.24. The highest BCUT2D eigenvalue weighted by atomic mass is 32.2. The van der Waals surface area contributed by atoms with Crippen molar-refractivity contribution in [3.63, 3.8) is 0 Å². The zero-order valence-corrected chi connectivity index (χ0v) is 9.38. The number of hydrogen-bond acceptors (Lipinski definition) is 3. The van der Waals surface area contributed by atoms with Crippen molar-refractivity contribution in [1.82, 2.24) is 4.72 Å². The van der Waals surface area contributed by atoms with Crippen molar-refractivity contribution in [2.45, 2.75) is 32.2 Å². The molecule has 0 aromatic carbocycles. The number of aliphatic carboxylic acids is 1. The predicted molar refractivity (Wildman–Crippen MR) is 56.7 cm³/mol. The molecule has 0 saturated carbocycles. The molecule has 0 aromatic heterocycles. The molecule has 5 nitrogen and oxygen atoms in total. The normalized spacial score (nSPS) is 13.1. The molecule has 2 N–H and O–H groups in total. The molecule has 1 unspecified atom stereocenters. The number of sulfonamides is 1. The molecule has 0 aliphatic heterocycles. The van der Waals surface area contributed by atoms with E-state index in [9.17, 15) is 13.2 Å². The van der Waals surface area contributed by atoms with Gasteiger partial charge in [0.1, 0.15) is 0 Å². The van der Waals surface area contributed by atoms with Crippen molar-refractivity contribution in [3.8, 4) is 12.3 Å². The Labute approximate surface area is 89.9 Å². The summed E-state index contributed by atoms with van der Waals surface area (Å²) in [6, 6.07) is -0.547. The molecule has 0 aliphatic carbocycles. The van der Waals surface area contributed by atoms with Crippen LogP contribution in [0, 0.1) is 12.3 Å². The Morgan fingerprint density at radius 2 is 2.20 bits per heavy atom. The number of hydrogen-bond donors (Lipinski definition) is 2. The highest BCUT2D eigenvalue weighted by molar-refractivity contribution is 7.89. The smallest absolute Gasteiger partial charge is 0.304 e. The van der Waals surface area contributed by atoms with E-state index in [1.54, 1.807) is 0 Å². The molecule has 0 aliphatic rings. The fourth-order valence-corrected chi connectivity index (χ4v) is 2.14. The lowest BCUT2D eigenvalue weighted by atomic mass is 10.2. The van der Waals surface area contributed by atoms with Gasteiger partial charge in [0.2, 0.25) is 10.0 Å². The van der Waals surface area contributed by atoms with Crippen LogP contribution in [0.4, 0.5) is 0 Å². The number of terminal acetylenes is 1. The Morgan fingerprint density at radius 1 is 1.60 bits per heavy atom. The minimum atomic E-state index is -3.58. The average Bonchev–Trinajstić information content (AvgIpc) is 2.14. The number of nitrogens with one attached hydrogen (secondary N) is 1. The Bertz CT molecular complexity index is 342. The second-order valence-corrected chi connectivity index (χ2v) is 4.96. The van der Waals surface area contributed by atoms with Crippen molar-refractivity contribution < 1.29 is 18.3 Å². The van der Waals surface area contributed by atoms with Crippen LogP contribution in [-0.2, 0) is 14.8 Å². The van der Waals surface area contributed by atoms with Gasteiger partial charge >= 0.3 is 5.97 Å². The zero-order chi connectivity index (χ0) is 11.9. The van der Waals surface area contributed by atoms with Crippen molar-refractivity contribution in [3.05, 3.63) is 0 Å². The Kier molecular flexibility index (Phi) is 5.97. The second kappa shape index (κ2) is 6.43. The summed E-state index contributed by atoms with van der Waals surface area (Å²) in [5.74, 6) is 0.724. The lowest BCUT2D eigenvalue weighted by molar-refractivity contribution is -0.136. The monoisotopic (exact) mass is 233 g/mol. The summed E-state index contributed by atoms with van der Waals surface area (Å²) in [6.45, 7) is 1.88. The molecule has 15 heavy (non-hydrogen) atoms. The SMILES string of the molecule is C#CC(CCC)NS(=O)(=O)CCC(=O)O. The van der Waals surface area contributed by atoms with Gasteiger partial charge in [-0.25, -0.2) is 13.1 Å². The van der Waals surface area contributed by atoms with Crippen LogP contribution in [0.2, 0.25) is 0 Å². The summed E-state index contributed by atoms with van der Waals surface area (Å²) in [6.07, 6.45) is 6.02. The van der Waals surface area contributed by atoms with Gasteiger partial charge in [0.25, 0.3) is 0 Å². The lowest BCUT2D eigenvalue weighted by Gasteiger charge is -2.11. The second-order valence-electron chi connectivity index (χ2n) is 3.09. The zero-order valence-electron chi connectivity index (χ0n) is 8.56. The van der Waals surface area contributed by atoms with E-state index in [1.165, 1.54) is 0 Å². The summed E-state index contributed by atoms with van der Waals surface area (Å²) < 4.78 is 24.9. The Morgan fingerprint density at radius 3 is 2.60 bits per heavy atom. The highest BCUT2D eigenvalue weighted by Crippen LogP contribution is 1.99. The first-order chi connectivity index (χ1) is 6.91. The fraction of sp³-hybridized carbons (Fsp3) is 0.667. The predicted octanol–water partition coefficient (Wildman–Crippen LogP) is 0.182. The maximum Gasteiger partial charge on any atom is 0.304 e. The van der Waals surface area contributed by atoms with Crippen LogP contribution in [-0.4, -0.2) is 31.3 Å². The average molecular weight is 233 g/mol. The van der Waals surface area contributed by atoms with Crippen LogP contribution in [0.1, 0.15) is 26.2 Å². The maximum absolute atomic E-state index is 11.3. The van der Waals surface area contributed by atoms with Gasteiger partial charge in [-0.2, -0.15) is 0 Å². The standard InChI is InChI=1S/C9H15NO4S/c1-3-5-8(4-2)10-15(13,14)7-6-9(11)12/h2,8,10H,3,5-7H2,1H3,(H,11,12). The molecule has 86 valence electrons. The van der Waals surface area contributed by atoms with Gasteiger partial charge < -0.3 is 5.11 Å². The molecule has 0 saturated heterocycles. The quantitative estimate of drug-likeness (QED) is 0.614. The van der Waals surface area contributed by atoms with Gasteiger partial charge in [0, 0.05) is 0 Å². The summed E-state index contributed by atoms with van der Waals surface area (Å²) >= 11 is 0. The molecule has 6 heteroatoms. The first kappa shape index (κ1) is 13.9. The Hall–Kier alpha value is -1.06. The largest absolute Gasteiger partial charge is 0.481 e. The van der Waals surface area contributed by atoms with Crippen LogP contribution in [0.3, 0.4) is 0 Å². The van der Waals surface area contributed by atoms with E-state index in [0.29, 0.717) is 6.42 Å². The maximum atomic E-state index is 11.3. The highest BCUT2D eigenvalue weighted by Gasteiger charge is 2.16. The van der Waals surface area contributed by atoms with Crippen LogP contribution in [0.25, 0.3) is 0 Å². The number of carbonyl (C=O) groups is 1. The first-order valence-electron chi connectivity index (χ1n) is 4.59. The first-order valence-corrected chi connectivity index (χ1v) is 6.24. The van der Waals surface area contributed by atoms with Crippen LogP contribution < -0.4 is 4.72 Å². The summed E-state index contributed by atoms with van der Waals surface area (Å²) in [5.41, 5.74) is 0. The number of rotatable bonds is 7. The van der Waals surface area contributed by atoms with E-state index in [0.717, 1.165) is 6.42 Å². The van der Waals surface area contributed by atoms with Crippen molar-refractivity contribution in [1.29, 1.82) is 0 Å². The minimum absolute atomic E-state index is 0.418. The summed E-state index contributed by atoms with van der Waals surface area (Å²) in [7, 11) is -3.58. The van der Waals surface area contributed by atoms with Gasteiger partial charge in [-0.15, -0.1) is 6.42 Å². The van der Waals surface area contributed by atoms with Crippen LogP contribution >= 0.6 is 0 Å². The molecule has 0 radical (unpaired) electrons. The molecule has 0 rings (SSSR count). The lowest BCUT2D eigenvalue weighted by Crippen LogP contribution is -2.35. The van der Waals surface area contributed by atoms with E-state index in [-0.39, 0.29) is 0 Å². The molecule has 0 amide bonds. The molecular formula is C9H15NO4S. The number of carboxylic acid groups (broad SMARTS) is 1. The van der Waals surface area contributed by atoms with Gasteiger partial charge in [0.15, 0.2) is 0 Å². The van der Waals surface area contributed by atoms with E-state index in [1.807, 2.05) is 6.92 Å². The third-order valence-corrected chi connectivity index (χ3v) is 3.07. The summed E-state index contributed by atoms with van der Waals surface area (Å²) in [4.78, 5) is 10.2. The van der Waals surface area contributed by atoms with Gasteiger partial charge in [0.05, 0.1) is 18.2 Å². The fourth-order valence-electron chi connectivity index (χ4n) is 0.962. The summed E-state index contributed by atoms with van der Waals surface area (Å²) in [5, 5.41) is 8.34. The van der Waals surface area contributed by atoms with Crippen molar-refractivity contribution in [2.24, 2.45) is 0 Å². The van der Waals surface area contributed by atoms with Crippen molar-refractivity contribution >= 4 is 16.0 Å². The van der Waals surface area contributed by atoms with Crippen LogP contribution in [0.15, 0.2) is 0 Å². The third kappa shape index (κ3) is 6.94. The molecule has 0 spiro atoms.